The molecule has 1 spiro atoms. The van der Waals surface area contributed by atoms with Crippen LogP contribution < -0.4 is 14.5 Å². The summed E-state index contributed by atoms with van der Waals surface area (Å²) < 4.78 is 14.2. The SMILES string of the molecule is COc1ccc2c(c1)[C@@]1(O[C@H](CCn3cc(CCO)nn3)[C@@H]([Si](C)(C)O)[C@@H]1C)C(=O)N2Cc1cccc(N2CCC2=O)c1. The van der Waals surface area contributed by atoms with E-state index >= 15 is 0 Å². The van der Waals surface area contributed by atoms with Gasteiger partial charge in [0.15, 0.2) is 13.9 Å². The first-order valence-corrected chi connectivity index (χ1v) is 17.9. The second kappa shape index (κ2) is 11.2. The number of aromatic nitrogens is 3. The quantitative estimate of drug-likeness (QED) is 0.267. The molecule has 12 heteroatoms. The van der Waals surface area contributed by atoms with Gasteiger partial charge in [-0.25, -0.2) is 0 Å². The Morgan fingerprint density at radius 3 is 2.67 bits per heavy atom. The lowest BCUT2D eigenvalue weighted by atomic mass is 9.82. The number of aliphatic hydroxyl groups excluding tert-OH is 1. The Kier molecular flexibility index (Phi) is 7.65. The number of amides is 2. The molecular weight excluding hydrogens is 566 g/mol. The van der Waals surface area contributed by atoms with Crippen LogP contribution in [-0.2, 0) is 39.4 Å². The summed E-state index contributed by atoms with van der Waals surface area (Å²) in [6.07, 6.45) is 2.94. The lowest BCUT2D eigenvalue weighted by Gasteiger charge is -2.32. The van der Waals surface area contributed by atoms with Gasteiger partial charge in [-0.15, -0.1) is 5.10 Å². The van der Waals surface area contributed by atoms with Gasteiger partial charge >= 0.3 is 0 Å². The van der Waals surface area contributed by atoms with E-state index < -0.39 is 20.0 Å². The monoisotopic (exact) mass is 605 g/mol. The van der Waals surface area contributed by atoms with Crippen molar-refractivity contribution in [3.05, 3.63) is 65.5 Å². The van der Waals surface area contributed by atoms with Crippen LogP contribution in [0.4, 0.5) is 11.4 Å². The van der Waals surface area contributed by atoms with Crippen LogP contribution in [0, 0.1) is 5.92 Å². The molecule has 2 saturated heterocycles. The van der Waals surface area contributed by atoms with Gasteiger partial charge in [0.25, 0.3) is 5.91 Å². The highest BCUT2D eigenvalue weighted by atomic mass is 28.4. The summed E-state index contributed by atoms with van der Waals surface area (Å²) in [7, 11) is -1.23. The highest BCUT2D eigenvalue weighted by molar-refractivity contribution is 6.71. The molecule has 3 aliphatic heterocycles. The first kappa shape index (κ1) is 29.5. The second-order valence-corrected chi connectivity index (χ2v) is 16.3. The van der Waals surface area contributed by atoms with Gasteiger partial charge in [0.1, 0.15) is 5.75 Å². The van der Waals surface area contributed by atoms with Crippen LogP contribution in [0.1, 0.15) is 36.6 Å². The van der Waals surface area contributed by atoms with Gasteiger partial charge in [0, 0.05) is 61.4 Å². The van der Waals surface area contributed by atoms with Gasteiger partial charge in [0.2, 0.25) is 5.91 Å². The number of ether oxygens (including phenoxy) is 2. The topological polar surface area (TPSA) is 130 Å². The van der Waals surface area contributed by atoms with E-state index in [0.29, 0.717) is 50.3 Å². The average molecular weight is 606 g/mol. The van der Waals surface area contributed by atoms with Gasteiger partial charge in [-0.2, -0.15) is 0 Å². The van der Waals surface area contributed by atoms with E-state index in [1.54, 1.807) is 21.6 Å². The maximum Gasteiger partial charge on any atom is 0.264 e. The number of anilines is 2. The third-order valence-corrected chi connectivity index (χ3v) is 11.7. The van der Waals surface area contributed by atoms with Crippen molar-refractivity contribution in [2.75, 3.05) is 30.1 Å². The molecule has 0 saturated carbocycles. The maximum atomic E-state index is 14.7. The number of fused-ring (bicyclic) bond motifs is 2. The molecule has 0 bridgehead atoms. The first-order chi connectivity index (χ1) is 20.6. The normalized spacial score (nSPS) is 25.0. The van der Waals surface area contributed by atoms with Gasteiger partial charge in [-0.3, -0.25) is 14.3 Å². The number of rotatable bonds is 10. The molecule has 3 aromatic rings. The Morgan fingerprint density at radius 2 is 2.00 bits per heavy atom. The lowest BCUT2D eigenvalue weighted by Crippen LogP contribution is -2.46. The highest BCUT2D eigenvalue weighted by Gasteiger charge is 2.66. The minimum Gasteiger partial charge on any atom is -0.497 e. The number of aryl methyl sites for hydroxylation is 1. The van der Waals surface area contributed by atoms with Crippen molar-refractivity contribution in [2.45, 2.75) is 69.6 Å². The van der Waals surface area contributed by atoms with Gasteiger partial charge < -0.3 is 29.2 Å². The molecule has 0 aliphatic carbocycles. The summed E-state index contributed by atoms with van der Waals surface area (Å²) in [6.45, 7) is 7.34. The number of nitrogens with zero attached hydrogens (tertiary/aromatic N) is 5. The highest BCUT2D eigenvalue weighted by Crippen LogP contribution is 2.60. The van der Waals surface area contributed by atoms with E-state index in [2.05, 4.69) is 10.3 Å². The van der Waals surface area contributed by atoms with Crippen molar-refractivity contribution in [1.29, 1.82) is 0 Å². The zero-order chi connectivity index (χ0) is 30.5. The van der Waals surface area contributed by atoms with Crippen LogP contribution >= 0.6 is 0 Å². The Balaban J connectivity index is 1.34. The van der Waals surface area contributed by atoms with Gasteiger partial charge in [-0.1, -0.05) is 24.3 Å². The fourth-order valence-electron chi connectivity index (χ4n) is 7.14. The number of β-lactam (4-membered cyclic amide) rings is 1. The van der Waals surface area contributed by atoms with Crippen LogP contribution in [0.3, 0.4) is 0 Å². The molecule has 4 atom stereocenters. The van der Waals surface area contributed by atoms with E-state index in [0.717, 1.165) is 22.5 Å². The summed E-state index contributed by atoms with van der Waals surface area (Å²) in [4.78, 5) is 41.8. The molecule has 11 nitrogen and oxygen atoms in total. The summed E-state index contributed by atoms with van der Waals surface area (Å²) in [5.41, 5.74) is 2.43. The fourth-order valence-corrected chi connectivity index (χ4v) is 9.74. The molecule has 2 aromatic carbocycles. The molecule has 6 rings (SSSR count). The van der Waals surface area contributed by atoms with Crippen molar-refractivity contribution in [1.82, 2.24) is 15.0 Å². The second-order valence-electron chi connectivity index (χ2n) is 12.3. The zero-order valence-corrected chi connectivity index (χ0v) is 26.1. The molecule has 228 valence electrons. The molecule has 0 radical (unpaired) electrons. The van der Waals surface area contributed by atoms with Crippen molar-refractivity contribution < 1.29 is 29.0 Å². The van der Waals surface area contributed by atoms with Crippen LogP contribution in [-0.4, -0.2) is 71.4 Å². The Hall–Kier alpha value is -3.58. The first-order valence-electron chi connectivity index (χ1n) is 14.9. The average Bonchev–Trinajstić information content (AvgIpc) is 3.61. The summed E-state index contributed by atoms with van der Waals surface area (Å²) >= 11 is 0. The lowest BCUT2D eigenvalue weighted by molar-refractivity contribution is -0.146. The van der Waals surface area contributed by atoms with E-state index in [4.69, 9.17) is 9.47 Å². The number of benzene rings is 2. The predicted octanol–water partition coefficient (Wildman–Crippen LogP) is 2.99. The van der Waals surface area contributed by atoms with Crippen LogP contribution in [0.2, 0.25) is 18.6 Å². The number of hydrogen-bond donors (Lipinski definition) is 2. The smallest absolute Gasteiger partial charge is 0.264 e. The molecule has 1 aromatic heterocycles. The summed E-state index contributed by atoms with van der Waals surface area (Å²) in [5, 5.41) is 17.6. The van der Waals surface area contributed by atoms with Crippen molar-refractivity contribution in [3.63, 3.8) is 0 Å². The van der Waals surface area contributed by atoms with Crippen LogP contribution in [0.5, 0.6) is 5.75 Å². The molecule has 2 N–H and O–H groups in total. The predicted molar refractivity (Wildman–Crippen MR) is 162 cm³/mol. The number of carbonyl (C=O) groups excluding carboxylic acids is 2. The van der Waals surface area contributed by atoms with Crippen molar-refractivity contribution in [3.8, 4) is 5.75 Å². The summed E-state index contributed by atoms with van der Waals surface area (Å²) in [6, 6.07) is 13.4. The van der Waals surface area contributed by atoms with E-state index in [1.807, 2.05) is 68.7 Å². The molecule has 0 unspecified atom stereocenters. The largest absolute Gasteiger partial charge is 0.497 e. The molecule has 2 amide bonds. The third kappa shape index (κ3) is 5.05. The molecule has 43 heavy (non-hydrogen) atoms. The number of carbonyl (C=O) groups is 2. The standard InChI is InChI=1S/C31H39N5O6Si/c1-20-29(43(3,4)40)27(10-13-34-19-22(12-15-37)32-33-34)42-31(20)25-17-24(41-2)8-9-26(25)36(30(31)39)18-21-6-5-7-23(16-21)35-14-11-28(35)38/h5-9,16-17,19-20,27,29,37,40H,10-15,18H2,1-4H3/t20-,27+,29-,31+/m0/s1. The zero-order valence-electron chi connectivity index (χ0n) is 25.1. The van der Waals surface area contributed by atoms with Crippen LogP contribution in [0.25, 0.3) is 0 Å². The van der Waals surface area contributed by atoms with Gasteiger partial charge in [0.05, 0.1) is 31.1 Å². The van der Waals surface area contributed by atoms with E-state index in [1.165, 1.54) is 0 Å². The minimum absolute atomic E-state index is 0.000995. The Labute approximate surface area is 252 Å². The summed E-state index contributed by atoms with van der Waals surface area (Å²) in [5.74, 6) is 0.257. The van der Waals surface area contributed by atoms with Crippen LogP contribution in [0.15, 0.2) is 48.7 Å². The third-order valence-electron chi connectivity index (χ3n) is 9.20. The molecular formula is C31H39N5O6Si. The van der Waals surface area contributed by atoms with E-state index in [-0.39, 0.29) is 29.9 Å². The van der Waals surface area contributed by atoms with Crippen molar-refractivity contribution >= 4 is 31.5 Å². The molecule has 4 heterocycles. The maximum absolute atomic E-state index is 14.7. The number of hydrogen-bond acceptors (Lipinski definition) is 8. The van der Waals surface area contributed by atoms with Gasteiger partial charge in [-0.05, 0) is 55.4 Å². The molecule has 2 fully saturated rings. The minimum atomic E-state index is -2.83. The number of aliphatic hydroxyl groups is 1. The number of methoxy groups -OCH3 is 1. The fraction of sp³-hybridized carbons (Fsp3) is 0.484. The van der Waals surface area contributed by atoms with Crippen molar-refractivity contribution in [2.24, 2.45) is 5.92 Å². The van der Waals surface area contributed by atoms with E-state index in [9.17, 15) is 19.5 Å². The Bertz CT molecular complexity index is 1540. The molecule has 3 aliphatic rings. The Morgan fingerprint density at radius 1 is 1.19 bits per heavy atom.